The quantitative estimate of drug-likeness (QED) is 0.555. The third-order valence-corrected chi connectivity index (χ3v) is 5.50. The van der Waals surface area contributed by atoms with Crippen LogP contribution in [0, 0.1) is 6.92 Å². The zero-order valence-corrected chi connectivity index (χ0v) is 16.9. The summed E-state index contributed by atoms with van der Waals surface area (Å²) in [6, 6.07) is 9.93. The van der Waals surface area contributed by atoms with Crippen molar-refractivity contribution in [2.45, 2.75) is 39.2 Å². The Hall–Kier alpha value is -3.48. The van der Waals surface area contributed by atoms with Crippen molar-refractivity contribution in [2.24, 2.45) is 0 Å². The number of benzene rings is 1. The minimum atomic E-state index is 0.108. The van der Waals surface area contributed by atoms with Gasteiger partial charge in [-0.25, -0.2) is 9.97 Å². The lowest BCUT2D eigenvalue weighted by atomic mass is 10.1. The van der Waals surface area contributed by atoms with Gasteiger partial charge in [0, 0.05) is 31.8 Å². The molecule has 4 heterocycles. The number of pyridine rings is 1. The maximum absolute atomic E-state index is 12.9. The largest absolute Gasteiger partial charge is 0.445 e. The number of aryl methyl sites for hydroxylation is 3. The number of hydrogen-bond acceptors (Lipinski definition) is 5. The highest BCUT2D eigenvalue weighted by atomic mass is 16.4. The minimum Gasteiger partial charge on any atom is -0.445 e. The van der Waals surface area contributed by atoms with Gasteiger partial charge in [-0.3, -0.25) is 9.78 Å². The molecule has 7 heteroatoms. The maximum Gasteiger partial charge on any atom is 0.227 e. The highest BCUT2D eigenvalue weighted by molar-refractivity contribution is 5.82. The number of carbonyl (C=O) groups is 1. The van der Waals surface area contributed by atoms with Gasteiger partial charge in [0.2, 0.25) is 5.91 Å². The van der Waals surface area contributed by atoms with Crippen LogP contribution >= 0.6 is 0 Å². The van der Waals surface area contributed by atoms with E-state index in [1.807, 2.05) is 42.3 Å². The third kappa shape index (κ3) is 3.83. The fourth-order valence-electron chi connectivity index (χ4n) is 3.95. The lowest BCUT2D eigenvalue weighted by Crippen LogP contribution is -2.36. The number of hydrogen-bond donors (Lipinski definition) is 1. The van der Waals surface area contributed by atoms with E-state index >= 15 is 0 Å². The van der Waals surface area contributed by atoms with Gasteiger partial charge in [0.1, 0.15) is 17.3 Å². The number of amides is 1. The summed E-state index contributed by atoms with van der Waals surface area (Å²) in [7, 11) is 0. The molecule has 0 unspecified atom stereocenters. The van der Waals surface area contributed by atoms with Crippen molar-refractivity contribution in [3.05, 3.63) is 77.0 Å². The number of aromatic amines is 1. The molecule has 7 nitrogen and oxygen atoms in total. The Morgan fingerprint density at radius 2 is 2.13 bits per heavy atom. The molecule has 0 saturated carbocycles. The Balaban J connectivity index is 1.23. The predicted octanol–water partition coefficient (Wildman–Crippen LogP) is 3.17. The Bertz CT molecular complexity index is 1200. The zero-order valence-electron chi connectivity index (χ0n) is 16.9. The lowest BCUT2D eigenvalue weighted by Gasteiger charge is -2.25. The minimum absolute atomic E-state index is 0.108. The first-order chi connectivity index (χ1) is 14.6. The first-order valence-corrected chi connectivity index (χ1v) is 10.2. The Labute approximate surface area is 174 Å². The van der Waals surface area contributed by atoms with Crippen LogP contribution in [0.3, 0.4) is 0 Å². The summed E-state index contributed by atoms with van der Waals surface area (Å²) < 4.78 is 5.94. The summed E-state index contributed by atoms with van der Waals surface area (Å²) in [5, 5.41) is 0. The topological polar surface area (TPSA) is 87.9 Å². The number of rotatable bonds is 5. The molecule has 0 saturated heterocycles. The second-order valence-corrected chi connectivity index (χ2v) is 7.75. The van der Waals surface area contributed by atoms with Crippen molar-refractivity contribution >= 4 is 16.9 Å². The van der Waals surface area contributed by atoms with Crippen molar-refractivity contribution in [3.63, 3.8) is 0 Å². The molecule has 0 aliphatic carbocycles. The second kappa shape index (κ2) is 7.74. The van der Waals surface area contributed by atoms with E-state index < -0.39 is 0 Å². The van der Waals surface area contributed by atoms with Gasteiger partial charge in [-0.15, -0.1) is 0 Å². The number of H-pyrrole nitrogens is 1. The average molecular weight is 401 g/mol. The van der Waals surface area contributed by atoms with Gasteiger partial charge in [0.05, 0.1) is 24.0 Å². The van der Waals surface area contributed by atoms with E-state index in [0.29, 0.717) is 25.9 Å². The van der Waals surface area contributed by atoms with E-state index in [1.165, 1.54) is 0 Å². The second-order valence-electron chi connectivity index (χ2n) is 7.75. The molecule has 0 atom stereocenters. The van der Waals surface area contributed by atoms with Gasteiger partial charge >= 0.3 is 0 Å². The standard InChI is InChI=1S/C23H23N5O2/c1-15-25-18-6-4-17(11-19(18)26-15)12-23(29)28-10-8-21-20(14-28)27-22(30-21)7-5-16-3-2-9-24-13-16/h2-4,6,9,11,13H,5,7-8,10,12,14H2,1H3,(H,25,26). The first-order valence-electron chi connectivity index (χ1n) is 10.2. The van der Waals surface area contributed by atoms with Crippen molar-refractivity contribution < 1.29 is 9.21 Å². The number of fused-ring (bicyclic) bond motifs is 2. The highest BCUT2D eigenvalue weighted by Crippen LogP contribution is 2.22. The average Bonchev–Trinajstić information content (AvgIpc) is 3.34. The van der Waals surface area contributed by atoms with Crippen LogP contribution in [0.4, 0.5) is 0 Å². The fourth-order valence-corrected chi connectivity index (χ4v) is 3.95. The number of oxazole rings is 1. The highest BCUT2D eigenvalue weighted by Gasteiger charge is 2.25. The Morgan fingerprint density at radius 3 is 3.00 bits per heavy atom. The van der Waals surface area contributed by atoms with Crippen LogP contribution in [-0.4, -0.2) is 37.3 Å². The molecule has 1 aromatic carbocycles. The van der Waals surface area contributed by atoms with Gasteiger partial charge in [-0.05, 0) is 42.7 Å². The number of aromatic nitrogens is 4. The van der Waals surface area contributed by atoms with Gasteiger partial charge < -0.3 is 14.3 Å². The Morgan fingerprint density at radius 1 is 1.20 bits per heavy atom. The molecule has 0 radical (unpaired) electrons. The smallest absolute Gasteiger partial charge is 0.227 e. The van der Waals surface area contributed by atoms with Crippen molar-refractivity contribution in [1.82, 2.24) is 24.8 Å². The fraction of sp³-hybridized carbons (Fsp3) is 0.304. The molecule has 30 heavy (non-hydrogen) atoms. The van der Waals surface area contributed by atoms with Crippen molar-refractivity contribution in [1.29, 1.82) is 0 Å². The summed E-state index contributed by atoms with van der Waals surface area (Å²) in [5.74, 6) is 2.63. The molecule has 1 aliphatic heterocycles. The molecule has 0 bridgehead atoms. The predicted molar refractivity (Wildman–Crippen MR) is 112 cm³/mol. The molecule has 5 rings (SSSR count). The number of imidazole rings is 1. The van der Waals surface area contributed by atoms with Gasteiger partial charge in [0.25, 0.3) is 0 Å². The van der Waals surface area contributed by atoms with Crippen molar-refractivity contribution in [2.75, 3.05) is 6.54 Å². The summed E-state index contributed by atoms with van der Waals surface area (Å²) >= 11 is 0. The molecular weight excluding hydrogens is 378 g/mol. The summed E-state index contributed by atoms with van der Waals surface area (Å²) in [5.41, 5.74) is 4.92. The van der Waals surface area contributed by atoms with Crippen LogP contribution in [0.5, 0.6) is 0 Å². The molecule has 0 fully saturated rings. The third-order valence-electron chi connectivity index (χ3n) is 5.50. The summed E-state index contributed by atoms with van der Waals surface area (Å²) in [6.45, 7) is 3.10. The lowest BCUT2D eigenvalue weighted by molar-refractivity contribution is -0.131. The van der Waals surface area contributed by atoms with Crippen LogP contribution in [-0.2, 0) is 37.0 Å². The van der Waals surface area contributed by atoms with Gasteiger partial charge in [-0.2, -0.15) is 0 Å². The molecule has 1 N–H and O–H groups in total. The molecule has 1 aliphatic rings. The van der Waals surface area contributed by atoms with E-state index in [9.17, 15) is 4.79 Å². The molecule has 3 aromatic heterocycles. The monoisotopic (exact) mass is 401 g/mol. The van der Waals surface area contributed by atoms with E-state index in [-0.39, 0.29) is 5.91 Å². The van der Waals surface area contributed by atoms with Gasteiger partial charge in [0.15, 0.2) is 5.89 Å². The van der Waals surface area contributed by atoms with Crippen LogP contribution < -0.4 is 0 Å². The maximum atomic E-state index is 12.9. The van der Waals surface area contributed by atoms with Crippen LogP contribution in [0.2, 0.25) is 0 Å². The number of nitrogens with zero attached hydrogens (tertiary/aromatic N) is 4. The summed E-state index contributed by atoms with van der Waals surface area (Å²) in [4.78, 5) is 31.2. The SMILES string of the molecule is Cc1nc2ccc(CC(=O)N3CCc4oc(CCc5cccnc5)nc4C3)cc2[nH]1. The molecule has 0 spiro atoms. The van der Waals surface area contributed by atoms with Crippen LogP contribution in [0.15, 0.2) is 47.1 Å². The van der Waals surface area contributed by atoms with Crippen LogP contribution in [0.25, 0.3) is 11.0 Å². The Kier molecular flexibility index (Phi) is 4.78. The summed E-state index contributed by atoms with van der Waals surface area (Å²) in [6.07, 6.45) is 6.29. The van der Waals surface area contributed by atoms with E-state index in [4.69, 9.17) is 4.42 Å². The molecule has 1 amide bonds. The molecular formula is C23H23N5O2. The van der Waals surface area contributed by atoms with E-state index in [2.05, 4.69) is 26.0 Å². The number of nitrogens with one attached hydrogen (secondary N) is 1. The van der Waals surface area contributed by atoms with E-state index in [0.717, 1.165) is 58.2 Å². The number of carbonyl (C=O) groups excluding carboxylic acids is 1. The van der Waals surface area contributed by atoms with Crippen LogP contribution in [0.1, 0.15) is 34.3 Å². The van der Waals surface area contributed by atoms with Crippen molar-refractivity contribution in [3.8, 4) is 0 Å². The van der Waals surface area contributed by atoms with Gasteiger partial charge in [-0.1, -0.05) is 12.1 Å². The van der Waals surface area contributed by atoms with E-state index in [1.54, 1.807) is 6.20 Å². The molecule has 152 valence electrons. The normalized spacial score (nSPS) is 13.6. The molecule has 4 aromatic rings. The zero-order chi connectivity index (χ0) is 20.5. The first kappa shape index (κ1) is 18.5.